The predicted molar refractivity (Wildman–Crippen MR) is 118 cm³/mol. The van der Waals surface area contributed by atoms with Gasteiger partial charge in [0, 0.05) is 36.6 Å². The molecule has 6 nitrogen and oxygen atoms in total. The van der Waals surface area contributed by atoms with Gasteiger partial charge in [-0.05, 0) is 64.1 Å². The molecule has 2 aliphatic heterocycles. The van der Waals surface area contributed by atoms with E-state index in [1.807, 2.05) is 18.2 Å². The number of unbranched alkanes of at least 4 members (excludes halogenated alkanes) is 1. The molecule has 0 aromatic heterocycles. The number of Topliss-reactive ketones (excluding diaryl/α,β-unsaturated/α-hetero) is 1. The number of benzene rings is 1. The molecule has 1 aromatic rings. The summed E-state index contributed by atoms with van der Waals surface area (Å²) < 4.78 is 5.93. The molecule has 168 valence electrons. The fourth-order valence-corrected chi connectivity index (χ4v) is 5.58. The molecule has 1 atom stereocenters. The zero-order valence-corrected chi connectivity index (χ0v) is 18.8. The molecule has 2 amide bonds. The fraction of sp³-hybridized carbons (Fsp3) is 0.640. The summed E-state index contributed by atoms with van der Waals surface area (Å²) in [4.78, 5) is 40.9. The molecule has 0 radical (unpaired) electrons. The Kier molecular flexibility index (Phi) is 6.47. The first-order chi connectivity index (χ1) is 14.9. The van der Waals surface area contributed by atoms with Crippen molar-refractivity contribution >= 4 is 17.6 Å². The van der Waals surface area contributed by atoms with Crippen molar-refractivity contribution in [1.82, 2.24) is 9.80 Å². The van der Waals surface area contributed by atoms with E-state index >= 15 is 0 Å². The zero-order chi connectivity index (χ0) is 22.0. The molecule has 4 rings (SSSR count). The second-order valence-electron chi connectivity index (χ2n) is 9.69. The number of likely N-dealkylation sites (N-methyl/N-ethyl adjacent to an activating group) is 1. The highest BCUT2D eigenvalue weighted by Gasteiger charge is 2.44. The van der Waals surface area contributed by atoms with Crippen molar-refractivity contribution in [3.63, 3.8) is 0 Å². The minimum Gasteiger partial charge on any atom is -0.492 e. The first kappa shape index (κ1) is 22.0. The van der Waals surface area contributed by atoms with Gasteiger partial charge in [0.25, 0.3) is 0 Å². The van der Waals surface area contributed by atoms with Gasteiger partial charge in [0.1, 0.15) is 12.4 Å². The fourth-order valence-electron chi connectivity index (χ4n) is 5.58. The van der Waals surface area contributed by atoms with Crippen molar-refractivity contribution in [3.05, 3.63) is 29.3 Å². The lowest BCUT2D eigenvalue weighted by Gasteiger charge is -2.37. The minimum absolute atomic E-state index is 0.0269. The quantitative estimate of drug-likeness (QED) is 0.379. The summed E-state index contributed by atoms with van der Waals surface area (Å²) in [5.74, 6) is 0.944. The normalized spacial score (nSPS) is 22.7. The van der Waals surface area contributed by atoms with Gasteiger partial charge in [-0.25, -0.2) is 0 Å². The molecule has 6 heteroatoms. The van der Waals surface area contributed by atoms with Gasteiger partial charge in [-0.3, -0.25) is 24.2 Å². The standard InChI is InChI=1S/C25H34N2O4/c1-18(28)20-8-7-9-22-21(20)14-19(17-31-22)26(2)12-5-6-13-27-23(29)15-25(16-24(27)30)10-3-4-11-25/h7-9,19H,3-6,10-17H2,1-2H3. The van der Waals surface area contributed by atoms with E-state index in [2.05, 4.69) is 11.9 Å². The van der Waals surface area contributed by atoms with Crippen LogP contribution in [-0.4, -0.2) is 60.2 Å². The molecule has 2 fully saturated rings. The molecule has 0 bridgehead atoms. The monoisotopic (exact) mass is 426 g/mol. The third-order valence-electron chi connectivity index (χ3n) is 7.47. The third kappa shape index (κ3) is 4.69. The van der Waals surface area contributed by atoms with E-state index in [-0.39, 0.29) is 29.1 Å². The van der Waals surface area contributed by atoms with Crippen LogP contribution in [0.25, 0.3) is 0 Å². The number of likely N-dealkylation sites (tertiary alicyclic amines) is 1. The Hall–Kier alpha value is -2.21. The minimum atomic E-state index is -0.0269. The molecule has 1 aromatic carbocycles. The van der Waals surface area contributed by atoms with Crippen molar-refractivity contribution in [3.8, 4) is 5.75 Å². The van der Waals surface area contributed by atoms with Crippen LogP contribution in [0.15, 0.2) is 18.2 Å². The molecule has 2 heterocycles. The van der Waals surface area contributed by atoms with Gasteiger partial charge in [0.15, 0.2) is 5.78 Å². The smallest absolute Gasteiger partial charge is 0.229 e. The third-order valence-corrected chi connectivity index (χ3v) is 7.47. The molecule has 3 aliphatic rings. The van der Waals surface area contributed by atoms with Gasteiger partial charge in [-0.15, -0.1) is 0 Å². The number of hydrogen-bond donors (Lipinski definition) is 0. The van der Waals surface area contributed by atoms with Crippen LogP contribution in [0.5, 0.6) is 5.75 Å². The number of imide groups is 1. The molecule has 1 saturated heterocycles. The average molecular weight is 427 g/mol. The van der Waals surface area contributed by atoms with E-state index in [4.69, 9.17) is 4.74 Å². The predicted octanol–water partition coefficient (Wildman–Crippen LogP) is 3.61. The van der Waals surface area contributed by atoms with Crippen molar-refractivity contribution in [1.29, 1.82) is 0 Å². The Morgan fingerprint density at radius 3 is 2.55 bits per heavy atom. The summed E-state index contributed by atoms with van der Waals surface area (Å²) in [5.41, 5.74) is 1.72. The van der Waals surface area contributed by atoms with Gasteiger partial charge >= 0.3 is 0 Å². The number of nitrogens with zero attached hydrogens (tertiary/aromatic N) is 2. The van der Waals surface area contributed by atoms with Crippen molar-refractivity contribution in [2.75, 3.05) is 26.7 Å². The summed E-state index contributed by atoms with van der Waals surface area (Å²) >= 11 is 0. The van der Waals surface area contributed by atoms with Gasteiger partial charge in [0.2, 0.25) is 11.8 Å². The largest absolute Gasteiger partial charge is 0.492 e. The molecule has 1 spiro atoms. The molecular weight excluding hydrogens is 392 g/mol. The van der Waals surface area contributed by atoms with Crippen molar-refractivity contribution in [2.45, 2.75) is 70.8 Å². The lowest BCUT2D eigenvalue weighted by Crippen LogP contribution is -2.47. The first-order valence-corrected chi connectivity index (χ1v) is 11.7. The van der Waals surface area contributed by atoms with Crippen LogP contribution in [0.4, 0.5) is 0 Å². The number of hydrogen-bond acceptors (Lipinski definition) is 5. The topological polar surface area (TPSA) is 66.9 Å². The van der Waals surface area contributed by atoms with Crippen LogP contribution in [0.2, 0.25) is 0 Å². The van der Waals surface area contributed by atoms with E-state index in [1.54, 1.807) is 6.92 Å². The van der Waals surface area contributed by atoms with Crippen molar-refractivity contribution in [2.24, 2.45) is 5.41 Å². The van der Waals surface area contributed by atoms with Gasteiger partial charge < -0.3 is 4.74 Å². The van der Waals surface area contributed by atoms with E-state index in [1.165, 1.54) is 4.90 Å². The van der Waals surface area contributed by atoms with E-state index in [0.29, 0.717) is 26.0 Å². The summed E-state index contributed by atoms with van der Waals surface area (Å²) in [6, 6.07) is 5.89. The molecule has 0 N–H and O–H groups in total. The van der Waals surface area contributed by atoms with Crippen LogP contribution in [0.3, 0.4) is 0 Å². The number of ketones is 1. The van der Waals surface area contributed by atoms with Gasteiger partial charge in [0.05, 0.1) is 0 Å². The summed E-state index contributed by atoms with van der Waals surface area (Å²) in [5, 5.41) is 0. The maximum Gasteiger partial charge on any atom is 0.229 e. The Labute approximate surface area is 184 Å². The Morgan fingerprint density at radius 2 is 1.87 bits per heavy atom. The van der Waals surface area contributed by atoms with Crippen LogP contribution in [0.1, 0.15) is 74.2 Å². The number of carbonyl (C=O) groups is 3. The number of fused-ring (bicyclic) bond motifs is 1. The molecule has 31 heavy (non-hydrogen) atoms. The zero-order valence-electron chi connectivity index (χ0n) is 18.8. The Morgan fingerprint density at radius 1 is 1.16 bits per heavy atom. The van der Waals surface area contributed by atoms with Crippen LogP contribution >= 0.6 is 0 Å². The van der Waals surface area contributed by atoms with E-state index in [9.17, 15) is 14.4 Å². The summed E-state index contributed by atoms with van der Waals surface area (Å²) in [6.45, 7) is 3.60. The number of carbonyl (C=O) groups excluding carboxylic acids is 3. The molecule has 1 aliphatic carbocycles. The SMILES string of the molecule is CC(=O)c1cccc2c1CC(N(C)CCCCN1C(=O)CC3(CCCC3)CC1=O)CO2. The summed E-state index contributed by atoms with van der Waals surface area (Å²) in [6.07, 6.45) is 7.99. The first-order valence-electron chi connectivity index (χ1n) is 11.7. The summed E-state index contributed by atoms with van der Waals surface area (Å²) in [7, 11) is 2.08. The lowest BCUT2D eigenvalue weighted by molar-refractivity contribution is -0.153. The maximum absolute atomic E-state index is 12.6. The van der Waals surface area contributed by atoms with Gasteiger partial charge in [-0.1, -0.05) is 25.0 Å². The van der Waals surface area contributed by atoms with Crippen LogP contribution in [-0.2, 0) is 16.0 Å². The number of ether oxygens (including phenoxy) is 1. The number of amides is 2. The van der Waals surface area contributed by atoms with E-state index in [0.717, 1.165) is 68.4 Å². The number of rotatable bonds is 7. The van der Waals surface area contributed by atoms with Gasteiger partial charge in [-0.2, -0.15) is 0 Å². The highest BCUT2D eigenvalue weighted by Crippen LogP contribution is 2.46. The molecular formula is C25H34N2O4. The molecule has 1 unspecified atom stereocenters. The van der Waals surface area contributed by atoms with Crippen LogP contribution < -0.4 is 4.74 Å². The van der Waals surface area contributed by atoms with Crippen molar-refractivity contribution < 1.29 is 19.1 Å². The second kappa shape index (κ2) is 9.11. The lowest BCUT2D eigenvalue weighted by atomic mass is 9.76. The maximum atomic E-state index is 12.6. The molecule has 1 saturated carbocycles. The highest BCUT2D eigenvalue weighted by atomic mass is 16.5. The second-order valence-corrected chi connectivity index (χ2v) is 9.69. The Balaban J connectivity index is 1.25. The van der Waals surface area contributed by atoms with Crippen LogP contribution in [0, 0.1) is 5.41 Å². The Bertz CT molecular complexity index is 839. The number of piperidine rings is 1. The highest BCUT2D eigenvalue weighted by molar-refractivity contribution is 5.98. The average Bonchev–Trinajstić information content (AvgIpc) is 3.18. The van der Waals surface area contributed by atoms with E-state index < -0.39 is 0 Å².